The summed E-state index contributed by atoms with van der Waals surface area (Å²) in [6, 6.07) is 15.6. The monoisotopic (exact) mass is 317 g/mol. The molecule has 0 aliphatic rings. The van der Waals surface area contributed by atoms with Crippen LogP contribution in [0.4, 0.5) is 0 Å². The van der Waals surface area contributed by atoms with Crippen molar-refractivity contribution in [3.8, 4) is 0 Å². The second-order valence-electron chi connectivity index (χ2n) is 5.10. The number of rotatable bonds is 4. The summed E-state index contributed by atoms with van der Waals surface area (Å²) >= 11 is 3.53. The summed E-state index contributed by atoms with van der Waals surface area (Å²) in [5.41, 5.74) is 5.35. The Labute approximate surface area is 124 Å². The highest BCUT2D eigenvalue weighted by molar-refractivity contribution is 9.10. The first-order valence-corrected chi connectivity index (χ1v) is 7.37. The summed E-state index contributed by atoms with van der Waals surface area (Å²) in [5.74, 6) is 0. The van der Waals surface area contributed by atoms with E-state index in [1.165, 1.54) is 22.3 Å². The first-order chi connectivity index (χ1) is 9.08. The molecule has 0 radical (unpaired) electrons. The van der Waals surface area contributed by atoms with Crippen molar-refractivity contribution in [3.63, 3.8) is 0 Å². The SMILES string of the molecule is CNC(Cc1cccc(Br)c1)c1cc(C)cc(C)c1. The molecule has 2 aromatic rings. The molecule has 1 unspecified atom stereocenters. The van der Waals surface area contributed by atoms with E-state index in [9.17, 15) is 0 Å². The maximum Gasteiger partial charge on any atom is 0.0358 e. The smallest absolute Gasteiger partial charge is 0.0358 e. The van der Waals surface area contributed by atoms with Crippen molar-refractivity contribution < 1.29 is 0 Å². The zero-order valence-electron chi connectivity index (χ0n) is 11.7. The quantitative estimate of drug-likeness (QED) is 0.871. The highest BCUT2D eigenvalue weighted by atomic mass is 79.9. The zero-order chi connectivity index (χ0) is 13.8. The van der Waals surface area contributed by atoms with Gasteiger partial charge in [-0.15, -0.1) is 0 Å². The lowest BCUT2D eigenvalue weighted by atomic mass is 9.96. The lowest BCUT2D eigenvalue weighted by molar-refractivity contribution is 0.591. The second-order valence-corrected chi connectivity index (χ2v) is 6.01. The lowest BCUT2D eigenvalue weighted by Gasteiger charge is -2.18. The number of aryl methyl sites for hydroxylation is 2. The minimum absolute atomic E-state index is 0.355. The fourth-order valence-corrected chi connectivity index (χ4v) is 2.94. The van der Waals surface area contributed by atoms with Gasteiger partial charge in [0.25, 0.3) is 0 Å². The van der Waals surface area contributed by atoms with E-state index in [2.05, 4.69) is 77.6 Å². The molecule has 100 valence electrons. The van der Waals surface area contributed by atoms with E-state index in [0.29, 0.717) is 6.04 Å². The van der Waals surface area contributed by atoms with E-state index in [1.807, 2.05) is 7.05 Å². The molecule has 1 atom stereocenters. The van der Waals surface area contributed by atoms with Crippen LogP contribution in [0.3, 0.4) is 0 Å². The highest BCUT2D eigenvalue weighted by Crippen LogP contribution is 2.22. The molecular formula is C17H20BrN. The minimum Gasteiger partial charge on any atom is -0.313 e. The van der Waals surface area contributed by atoms with Crippen LogP contribution in [0, 0.1) is 13.8 Å². The average Bonchev–Trinajstić information content (AvgIpc) is 2.34. The third-order valence-corrected chi connectivity index (χ3v) is 3.82. The van der Waals surface area contributed by atoms with Crippen LogP contribution in [0.1, 0.15) is 28.3 Å². The van der Waals surface area contributed by atoms with Crippen molar-refractivity contribution in [2.45, 2.75) is 26.3 Å². The summed E-state index contributed by atoms with van der Waals surface area (Å²) in [7, 11) is 2.03. The molecule has 0 bridgehead atoms. The summed E-state index contributed by atoms with van der Waals surface area (Å²) in [5, 5.41) is 3.43. The van der Waals surface area contributed by atoms with Crippen LogP contribution in [0.25, 0.3) is 0 Å². The van der Waals surface area contributed by atoms with Gasteiger partial charge in [0.15, 0.2) is 0 Å². The van der Waals surface area contributed by atoms with Crippen molar-refractivity contribution >= 4 is 15.9 Å². The van der Waals surface area contributed by atoms with Gasteiger partial charge in [0.1, 0.15) is 0 Å². The van der Waals surface area contributed by atoms with Crippen LogP contribution in [-0.2, 0) is 6.42 Å². The molecule has 0 amide bonds. The fourth-order valence-electron chi connectivity index (χ4n) is 2.50. The van der Waals surface area contributed by atoms with E-state index in [0.717, 1.165) is 10.9 Å². The van der Waals surface area contributed by atoms with Gasteiger partial charge in [-0.1, -0.05) is 57.4 Å². The van der Waals surface area contributed by atoms with Gasteiger partial charge in [-0.3, -0.25) is 0 Å². The van der Waals surface area contributed by atoms with E-state index in [1.54, 1.807) is 0 Å². The molecule has 2 rings (SSSR count). The molecule has 0 aliphatic heterocycles. The Kier molecular flexibility index (Phi) is 4.78. The van der Waals surface area contributed by atoms with Gasteiger partial charge >= 0.3 is 0 Å². The van der Waals surface area contributed by atoms with Crippen molar-refractivity contribution in [1.82, 2.24) is 5.32 Å². The molecule has 0 aromatic heterocycles. The Morgan fingerprint density at radius 3 is 2.32 bits per heavy atom. The summed E-state index contributed by atoms with van der Waals surface area (Å²) < 4.78 is 1.14. The molecule has 0 aliphatic carbocycles. The molecule has 2 aromatic carbocycles. The van der Waals surface area contributed by atoms with Crippen LogP contribution in [0.5, 0.6) is 0 Å². The van der Waals surface area contributed by atoms with Gasteiger partial charge in [0.2, 0.25) is 0 Å². The van der Waals surface area contributed by atoms with Crippen molar-refractivity contribution in [1.29, 1.82) is 0 Å². The molecule has 1 N–H and O–H groups in total. The molecule has 0 heterocycles. The Balaban J connectivity index is 2.24. The normalized spacial score (nSPS) is 12.4. The van der Waals surface area contributed by atoms with E-state index in [-0.39, 0.29) is 0 Å². The van der Waals surface area contributed by atoms with Crippen molar-refractivity contribution in [3.05, 3.63) is 69.2 Å². The molecule has 0 spiro atoms. The van der Waals surface area contributed by atoms with Gasteiger partial charge in [-0.25, -0.2) is 0 Å². The lowest BCUT2D eigenvalue weighted by Crippen LogP contribution is -2.19. The fraction of sp³-hybridized carbons (Fsp3) is 0.294. The number of hydrogen-bond acceptors (Lipinski definition) is 1. The molecule has 2 heteroatoms. The first-order valence-electron chi connectivity index (χ1n) is 6.58. The predicted octanol–water partition coefficient (Wildman–Crippen LogP) is 4.57. The Hall–Kier alpha value is -1.12. The van der Waals surface area contributed by atoms with Crippen LogP contribution in [0.15, 0.2) is 46.9 Å². The van der Waals surface area contributed by atoms with Gasteiger partial charge in [-0.05, 0) is 50.6 Å². The summed E-state index contributed by atoms with van der Waals surface area (Å²) in [6.45, 7) is 4.31. The van der Waals surface area contributed by atoms with E-state index >= 15 is 0 Å². The van der Waals surface area contributed by atoms with Crippen molar-refractivity contribution in [2.75, 3.05) is 7.05 Å². The zero-order valence-corrected chi connectivity index (χ0v) is 13.3. The van der Waals surface area contributed by atoms with Crippen LogP contribution >= 0.6 is 15.9 Å². The Morgan fingerprint density at radius 2 is 1.74 bits per heavy atom. The van der Waals surface area contributed by atoms with Gasteiger partial charge in [0, 0.05) is 10.5 Å². The minimum atomic E-state index is 0.355. The van der Waals surface area contributed by atoms with Crippen LogP contribution < -0.4 is 5.32 Å². The van der Waals surface area contributed by atoms with Gasteiger partial charge < -0.3 is 5.32 Å². The van der Waals surface area contributed by atoms with E-state index in [4.69, 9.17) is 0 Å². The molecule has 19 heavy (non-hydrogen) atoms. The average molecular weight is 318 g/mol. The third kappa shape index (κ3) is 3.92. The Morgan fingerprint density at radius 1 is 1.05 bits per heavy atom. The molecule has 0 saturated carbocycles. The van der Waals surface area contributed by atoms with Gasteiger partial charge in [-0.2, -0.15) is 0 Å². The summed E-state index contributed by atoms with van der Waals surface area (Å²) in [6.07, 6.45) is 0.999. The topological polar surface area (TPSA) is 12.0 Å². The second kappa shape index (κ2) is 6.36. The van der Waals surface area contributed by atoms with Gasteiger partial charge in [0.05, 0.1) is 0 Å². The van der Waals surface area contributed by atoms with E-state index < -0.39 is 0 Å². The number of benzene rings is 2. The molecule has 1 nitrogen and oxygen atoms in total. The maximum absolute atomic E-state index is 3.53. The van der Waals surface area contributed by atoms with Crippen LogP contribution in [0.2, 0.25) is 0 Å². The standard InChI is InChI=1S/C17H20BrN/c1-12-7-13(2)9-15(8-12)17(19-3)11-14-5-4-6-16(18)10-14/h4-10,17,19H,11H2,1-3H3. The number of likely N-dealkylation sites (N-methyl/N-ethyl adjacent to an activating group) is 1. The third-order valence-electron chi connectivity index (χ3n) is 3.32. The molecule has 0 saturated heterocycles. The maximum atomic E-state index is 3.53. The molecule has 0 fully saturated rings. The number of halogens is 1. The summed E-state index contributed by atoms with van der Waals surface area (Å²) in [4.78, 5) is 0. The molecular weight excluding hydrogens is 298 g/mol. The van der Waals surface area contributed by atoms with Crippen molar-refractivity contribution in [2.24, 2.45) is 0 Å². The number of nitrogens with one attached hydrogen (secondary N) is 1. The first kappa shape index (κ1) is 14.3. The predicted molar refractivity (Wildman–Crippen MR) is 85.6 cm³/mol. The highest BCUT2D eigenvalue weighted by Gasteiger charge is 2.11. The Bertz CT molecular complexity index is 543. The largest absolute Gasteiger partial charge is 0.313 e. The number of hydrogen-bond donors (Lipinski definition) is 1. The van der Waals surface area contributed by atoms with Crippen LogP contribution in [-0.4, -0.2) is 7.05 Å².